The first-order valence-corrected chi connectivity index (χ1v) is 8.70. The average molecular weight is 338 g/mol. The molecule has 132 valence electrons. The Morgan fingerprint density at radius 3 is 2.36 bits per heavy atom. The van der Waals surface area contributed by atoms with Crippen LogP contribution in [-0.2, 0) is 6.54 Å². The molecule has 25 heavy (non-hydrogen) atoms. The van der Waals surface area contributed by atoms with Crippen LogP contribution in [-0.4, -0.2) is 30.3 Å². The van der Waals surface area contributed by atoms with Crippen molar-refractivity contribution < 1.29 is 9.59 Å². The van der Waals surface area contributed by atoms with Gasteiger partial charge >= 0.3 is 0 Å². The molecule has 4 nitrogen and oxygen atoms in total. The molecule has 0 aliphatic rings. The van der Waals surface area contributed by atoms with E-state index in [-0.39, 0.29) is 11.8 Å². The highest BCUT2D eigenvalue weighted by atomic mass is 16.2. The zero-order valence-corrected chi connectivity index (χ0v) is 15.2. The predicted molar refractivity (Wildman–Crippen MR) is 101 cm³/mol. The minimum Gasteiger partial charge on any atom is -0.348 e. The summed E-state index contributed by atoms with van der Waals surface area (Å²) in [6.45, 7) is 5.36. The molecule has 0 saturated heterocycles. The quantitative estimate of drug-likeness (QED) is 0.835. The van der Waals surface area contributed by atoms with E-state index >= 15 is 0 Å². The van der Waals surface area contributed by atoms with Gasteiger partial charge in [0.05, 0.1) is 0 Å². The number of hydrogen-bond acceptors (Lipinski definition) is 2. The Hall–Kier alpha value is -2.62. The lowest BCUT2D eigenvalue weighted by Crippen LogP contribution is -2.28. The van der Waals surface area contributed by atoms with Gasteiger partial charge in [-0.2, -0.15) is 0 Å². The third kappa shape index (κ3) is 5.45. The number of rotatable bonds is 7. The fourth-order valence-electron chi connectivity index (χ4n) is 2.59. The largest absolute Gasteiger partial charge is 0.348 e. The van der Waals surface area contributed by atoms with E-state index in [1.807, 2.05) is 31.2 Å². The van der Waals surface area contributed by atoms with Gasteiger partial charge in [-0.3, -0.25) is 9.59 Å². The molecular weight excluding hydrogens is 312 g/mol. The molecule has 4 heteroatoms. The smallest absolute Gasteiger partial charge is 0.253 e. The summed E-state index contributed by atoms with van der Waals surface area (Å²) < 4.78 is 0. The van der Waals surface area contributed by atoms with Crippen LogP contribution in [0.15, 0.2) is 48.5 Å². The molecule has 0 fully saturated rings. The molecule has 0 aromatic heterocycles. The van der Waals surface area contributed by atoms with Crippen LogP contribution in [0.4, 0.5) is 0 Å². The molecule has 0 spiro atoms. The van der Waals surface area contributed by atoms with Crippen LogP contribution in [0.1, 0.15) is 51.6 Å². The van der Waals surface area contributed by atoms with Crippen LogP contribution in [0.25, 0.3) is 0 Å². The Morgan fingerprint density at radius 2 is 1.72 bits per heavy atom. The molecule has 0 aliphatic carbocycles. The minimum atomic E-state index is -0.139. The van der Waals surface area contributed by atoms with Gasteiger partial charge in [0.2, 0.25) is 0 Å². The van der Waals surface area contributed by atoms with E-state index in [4.69, 9.17) is 0 Å². The first-order valence-electron chi connectivity index (χ1n) is 8.70. The summed E-state index contributed by atoms with van der Waals surface area (Å²) in [4.78, 5) is 26.3. The number of benzene rings is 2. The third-order valence-corrected chi connectivity index (χ3v) is 4.12. The molecule has 0 saturated carbocycles. The van der Waals surface area contributed by atoms with Gasteiger partial charge in [0.15, 0.2) is 0 Å². The lowest BCUT2D eigenvalue weighted by atomic mass is 10.1. The van der Waals surface area contributed by atoms with Crippen molar-refractivity contribution in [2.24, 2.45) is 0 Å². The Bertz CT molecular complexity index is 723. The number of unbranched alkanes of at least 4 members (excludes halogenated alkanes) is 1. The lowest BCUT2D eigenvalue weighted by molar-refractivity contribution is 0.0792. The summed E-state index contributed by atoms with van der Waals surface area (Å²) in [6.07, 6.45) is 2.04. The second-order valence-electron chi connectivity index (χ2n) is 6.33. The standard InChI is InChI=1S/C21H26N2O2/c1-4-5-13-23(3)21(25)19-11-9-18(10-12-19)20(24)22-15-17-8-6-7-16(2)14-17/h6-12,14H,4-5,13,15H2,1-3H3,(H,22,24). The van der Waals surface area contributed by atoms with Crippen LogP contribution in [0.3, 0.4) is 0 Å². The number of hydrogen-bond donors (Lipinski definition) is 1. The lowest BCUT2D eigenvalue weighted by Gasteiger charge is -2.16. The molecule has 2 aromatic rings. The molecule has 1 N–H and O–H groups in total. The molecule has 2 rings (SSSR count). The molecule has 0 atom stereocenters. The number of nitrogens with zero attached hydrogens (tertiary/aromatic N) is 1. The molecule has 0 unspecified atom stereocenters. The van der Waals surface area contributed by atoms with Gasteiger partial charge in [0.1, 0.15) is 0 Å². The van der Waals surface area contributed by atoms with Crippen LogP contribution in [0.2, 0.25) is 0 Å². The van der Waals surface area contributed by atoms with Crippen LogP contribution in [0, 0.1) is 6.92 Å². The summed E-state index contributed by atoms with van der Waals surface area (Å²) >= 11 is 0. The number of carbonyl (C=O) groups is 2. The average Bonchev–Trinajstić information content (AvgIpc) is 2.63. The van der Waals surface area contributed by atoms with Gasteiger partial charge in [0.25, 0.3) is 11.8 Å². The zero-order valence-electron chi connectivity index (χ0n) is 15.2. The first-order chi connectivity index (χ1) is 12.0. The highest BCUT2D eigenvalue weighted by Gasteiger charge is 2.12. The molecule has 0 bridgehead atoms. The summed E-state index contributed by atoms with van der Waals surface area (Å²) in [5.74, 6) is -0.153. The van der Waals surface area contributed by atoms with E-state index in [0.717, 1.165) is 24.9 Å². The fourth-order valence-corrected chi connectivity index (χ4v) is 2.59. The Balaban J connectivity index is 1.94. The second kappa shape index (κ2) is 9.02. The monoisotopic (exact) mass is 338 g/mol. The molecule has 0 radical (unpaired) electrons. The summed E-state index contributed by atoms with van der Waals surface area (Å²) in [5, 5.41) is 2.91. The molecule has 2 aromatic carbocycles. The molecular formula is C21H26N2O2. The highest BCUT2D eigenvalue weighted by molar-refractivity contribution is 5.97. The minimum absolute atomic E-state index is 0.0137. The highest BCUT2D eigenvalue weighted by Crippen LogP contribution is 2.09. The van der Waals surface area contributed by atoms with Crippen molar-refractivity contribution in [3.05, 3.63) is 70.8 Å². The number of aryl methyl sites for hydroxylation is 1. The SMILES string of the molecule is CCCCN(C)C(=O)c1ccc(C(=O)NCc2cccc(C)c2)cc1. The zero-order chi connectivity index (χ0) is 18.2. The van der Waals surface area contributed by atoms with Crippen molar-refractivity contribution in [1.82, 2.24) is 10.2 Å². The number of amides is 2. The Labute approximate surface area is 149 Å². The van der Waals surface area contributed by atoms with Crippen molar-refractivity contribution in [3.8, 4) is 0 Å². The summed E-state index contributed by atoms with van der Waals surface area (Å²) in [7, 11) is 1.81. The van der Waals surface area contributed by atoms with Crippen molar-refractivity contribution in [2.45, 2.75) is 33.2 Å². The van der Waals surface area contributed by atoms with E-state index in [1.54, 1.807) is 36.2 Å². The van der Waals surface area contributed by atoms with Crippen LogP contribution < -0.4 is 5.32 Å². The molecule has 0 heterocycles. The van der Waals surface area contributed by atoms with Gasteiger partial charge in [-0.25, -0.2) is 0 Å². The van der Waals surface area contributed by atoms with E-state index in [2.05, 4.69) is 12.2 Å². The summed E-state index contributed by atoms with van der Waals surface area (Å²) in [6, 6.07) is 14.9. The van der Waals surface area contributed by atoms with E-state index in [0.29, 0.717) is 17.7 Å². The maximum absolute atomic E-state index is 12.3. The van der Waals surface area contributed by atoms with E-state index in [9.17, 15) is 9.59 Å². The number of nitrogens with one attached hydrogen (secondary N) is 1. The van der Waals surface area contributed by atoms with Crippen LogP contribution in [0.5, 0.6) is 0 Å². The van der Waals surface area contributed by atoms with Gasteiger partial charge in [0, 0.05) is 31.3 Å². The van der Waals surface area contributed by atoms with E-state index in [1.165, 1.54) is 5.56 Å². The van der Waals surface area contributed by atoms with Gasteiger partial charge in [-0.05, 0) is 43.2 Å². The van der Waals surface area contributed by atoms with Crippen molar-refractivity contribution in [3.63, 3.8) is 0 Å². The van der Waals surface area contributed by atoms with Gasteiger partial charge < -0.3 is 10.2 Å². The van der Waals surface area contributed by atoms with Crippen molar-refractivity contribution in [1.29, 1.82) is 0 Å². The Kier molecular flexibility index (Phi) is 6.75. The molecule has 0 aliphatic heterocycles. The topological polar surface area (TPSA) is 49.4 Å². The number of carbonyl (C=O) groups excluding carboxylic acids is 2. The normalized spacial score (nSPS) is 10.4. The Morgan fingerprint density at radius 1 is 1.04 bits per heavy atom. The third-order valence-electron chi connectivity index (χ3n) is 4.12. The second-order valence-corrected chi connectivity index (χ2v) is 6.33. The van der Waals surface area contributed by atoms with Crippen molar-refractivity contribution in [2.75, 3.05) is 13.6 Å². The first kappa shape index (κ1) is 18.7. The summed E-state index contributed by atoms with van der Waals surface area (Å²) in [5.41, 5.74) is 3.40. The fraction of sp³-hybridized carbons (Fsp3) is 0.333. The predicted octanol–water partition coefficient (Wildman–Crippen LogP) is 3.80. The van der Waals surface area contributed by atoms with Crippen LogP contribution >= 0.6 is 0 Å². The maximum Gasteiger partial charge on any atom is 0.253 e. The maximum atomic E-state index is 12.3. The van der Waals surface area contributed by atoms with Crippen molar-refractivity contribution >= 4 is 11.8 Å². The molecule has 2 amide bonds. The van der Waals surface area contributed by atoms with E-state index < -0.39 is 0 Å². The van der Waals surface area contributed by atoms with Gasteiger partial charge in [-0.15, -0.1) is 0 Å². The van der Waals surface area contributed by atoms with Gasteiger partial charge in [-0.1, -0.05) is 43.2 Å².